The molecule has 2 aliphatic rings. The number of hydrogen-bond donors (Lipinski definition) is 1. The summed E-state index contributed by atoms with van der Waals surface area (Å²) in [5, 5.41) is 3.10. The molecular formula is C16H20F3N. The van der Waals surface area contributed by atoms with Gasteiger partial charge in [-0.05, 0) is 36.0 Å². The summed E-state index contributed by atoms with van der Waals surface area (Å²) < 4.78 is 40.5. The van der Waals surface area contributed by atoms with Gasteiger partial charge in [-0.15, -0.1) is 0 Å². The molecule has 0 aromatic heterocycles. The van der Waals surface area contributed by atoms with E-state index in [0.717, 1.165) is 18.9 Å². The van der Waals surface area contributed by atoms with Crippen molar-refractivity contribution in [3.8, 4) is 0 Å². The Hall–Kier alpha value is -1.19. The molecule has 2 bridgehead atoms. The van der Waals surface area contributed by atoms with E-state index >= 15 is 0 Å². The minimum absolute atomic E-state index is 0.00222. The predicted molar refractivity (Wildman–Crippen MR) is 73.0 cm³/mol. The molecule has 1 nitrogen and oxygen atoms in total. The lowest BCUT2D eigenvalue weighted by atomic mass is 9.68. The molecule has 0 aliphatic heterocycles. The quantitative estimate of drug-likeness (QED) is 0.774. The highest BCUT2D eigenvalue weighted by molar-refractivity contribution is 5.48. The van der Waals surface area contributed by atoms with E-state index in [1.54, 1.807) is 0 Å². The summed E-state index contributed by atoms with van der Waals surface area (Å²) in [5.74, 6) is -2.30. The van der Waals surface area contributed by atoms with Crippen LogP contribution in [0.15, 0.2) is 12.1 Å². The average Bonchev–Trinajstić information content (AvgIpc) is 2.81. The van der Waals surface area contributed by atoms with E-state index in [0.29, 0.717) is 12.0 Å². The minimum atomic E-state index is -1.14. The van der Waals surface area contributed by atoms with E-state index in [2.05, 4.69) is 26.1 Å². The van der Waals surface area contributed by atoms with Crippen LogP contribution < -0.4 is 5.32 Å². The Morgan fingerprint density at radius 2 is 1.85 bits per heavy atom. The van der Waals surface area contributed by atoms with Crippen molar-refractivity contribution < 1.29 is 13.2 Å². The second-order valence-electron chi connectivity index (χ2n) is 7.24. The molecule has 0 amide bonds. The maximum absolute atomic E-state index is 13.8. The van der Waals surface area contributed by atoms with E-state index in [1.807, 2.05) is 0 Å². The SMILES string of the molecule is CC1(C)C(Nc2cc(F)cc(F)c2F)[C@]2(C)CC[C@H]1C2. The number of fused-ring (bicyclic) bond motifs is 2. The maximum Gasteiger partial charge on any atom is 0.182 e. The Labute approximate surface area is 117 Å². The molecule has 0 saturated heterocycles. The molecular weight excluding hydrogens is 263 g/mol. The van der Waals surface area contributed by atoms with E-state index in [4.69, 9.17) is 0 Å². The van der Waals surface area contributed by atoms with Crippen LogP contribution in [0.4, 0.5) is 18.9 Å². The zero-order chi connectivity index (χ0) is 14.7. The van der Waals surface area contributed by atoms with E-state index in [9.17, 15) is 13.2 Å². The second kappa shape index (κ2) is 4.15. The van der Waals surface area contributed by atoms with Crippen LogP contribution in [-0.2, 0) is 0 Å². The van der Waals surface area contributed by atoms with Gasteiger partial charge in [0.05, 0.1) is 5.69 Å². The fraction of sp³-hybridized carbons (Fsp3) is 0.625. The van der Waals surface area contributed by atoms with Gasteiger partial charge in [-0.25, -0.2) is 13.2 Å². The molecule has 1 aromatic rings. The van der Waals surface area contributed by atoms with Gasteiger partial charge in [-0.3, -0.25) is 0 Å². The summed E-state index contributed by atoms with van der Waals surface area (Å²) in [7, 11) is 0. The van der Waals surface area contributed by atoms with Gasteiger partial charge in [-0.2, -0.15) is 0 Å². The van der Waals surface area contributed by atoms with Crippen LogP contribution in [0, 0.1) is 34.2 Å². The molecule has 1 unspecified atom stereocenters. The molecule has 20 heavy (non-hydrogen) atoms. The lowest BCUT2D eigenvalue weighted by molar-refractivity contribution is 0.155. The lowest BCUT2D eigenvalue weighted by Gasteiger charge is -2.43. The molecule has 2 fully saturated rings. The van der Waals surface area contributed by atoms with Gasteiger partial charge in [0.15, 0.2) is 11.6 Å². The van der Waals surface area contributed by atoms with Gasteiger partial charge in [0.1, 0.15) is 5.82 Å². The normalized spacial score (nSPS) is 34.5. The maximum atomic E-state index is 13.8. The molecule has 2 aliphatic carbocycles. The minimum Gasteiger partial charge on any atom is -0.379 e. The van der Waals surface area contributed by atoms with Crippen molar-refractivity contribution in [3.63, 3.8) is 0 Å². The summed E-state index contributed by atoms with van der Waals surface area (Å²) in [5.41, 5.74) is 0.0142. The molecule has 2 saturated carbocycles. The zero-order valence-corrected chi connectivity index (χ0v) is 12.1. The van der Waals surface area contributed by atoms with Gasteiger partial charge in [0.2, 0.25) is 0 Å². The topological polar surface area (TPSA) is 12.0 Å². The largest absolute Gasteiger partial charge is 0.379 e. The fourth-order valence-electron chi connectivity index (χ4n) is 4.48. The molecule has 1 aromatic carbocycles. The standard InChI is InChI=1S/C16H20F3N/c1-15(2)9-4-5-16(3,8-9)14(15)20-12-7-10(17)6-11(18)13(12)19/h6-7,9,14,20H,4-5,8H2,1-3H3/t9-,14?,16+/m0/s1. The molecule has 4 heteroatoms. The highest BCUT2D eigenvalue weighted by Gasteiger charge is 2.59. The molecule has 0 radical (unpaired) electrons. The third-order valence-electron chi connectivity index (χ3n) is 5.56. The number of anilines is 1. The summed E-state index contributed by atoms with van der Waals surface area (Å²) >= 11 is 0. The van der Waals surface area contributed by atoms with Crippen molar-refractivity contribution in [2.24, 2.45) is 16.7 Å². The van der Waals surface area contributed by atoms with Gasteiger partial charge in [0.25, 0.3) is 0 Å². The van der Waals surface area contributed by atoms with E-state index in [1.165, 1.54) is 6.42 Å². The van der Waals surface area contributed by atoms with Crippen LogP contribution in [0.1, 0.15) is 40.0 Å². The zero-order valence-electron chi connectivity index (χ0n) is 12.1. The first-order chi connectivity index (χ1) is 9.24. The predicted octanol–water partition coefficient (Wildman–Crippen LogP) is 4.73. The Balaban J connectivity index is 1.96. The van der Waals surface area contributed by atoms with E-state index < -0.39 is 17.5 Å². The smallest absolute Gasteiger partial charge is 0.182 e. The summed E-state index contributed by atoms with van der Waals surface area (Å²) in [6, 6.07) is 1.65. The Bertz CT molecular complexity index is 550. The van der Waals surface area contributed by atoms with Gasteiger partial charge in [-0.1, -0.05) is 20.8 Å². The van der Waals surface area contributed by atoms with Crippen LogP contribution in [0.3, 0.4) is 0 Å². The van der Waals surface area contributed by atoms with Crippen LogP contribution in [-0.4, -0.2) is 6.04 Å². The molecule has 1 N–H and O–H groups in total. The van der Waals surface area contributed by atoms with Crippen LogP contribution >= 0.6 is 0 Å². The summed E-state index contributed by atoms with van der Waals surface area (Å²) in [6.45, 7) is 6.51. The van der Waals surface area contributed by atoms with Gasteiger partial charge >= 0.3 is 0 Å². The number of rotatable bonds is 2. The Morgan fingerprint density at radius 3 is 2.45 bits per heavy atom. The second-order valence-corrected chi connectivity index (χ2v) is 7.24. The van der Waals surface area contributed by atoms with Crippen molar-refractivity contribution in [2.45, 2.75) is 46.1 Å². The van der Waals surface area contributed by atoms with E-state index in [-0.39, 0.29) is 22.6 Å². The molecule has 3 atom stereocenters. The first-order valence-corrected chi connectivity index (χ1v) is 7.15. The number of hydrogen-bond acceptors (Lipinski definition) is 1. The molecule has 110 valence electrons. The first-order valence-electron chi connectivity index (χ1n) is 7.15. The van der Waals surface area contributed by atoms with Crippen LogP contribution in [0.5, 0.6) is 0 Å². The number of nitrogens with one attached hydrogen (secondary N) is 1. The third kappa shape index (κ3) is 1.84. The van der Waals surface area contributed by atoms with Crippen LogP contribution in [0.2, 0.25) is 0 Å². The third-order valence-corrected chi connectivity index (χ3v) is 5.56. The highest BCUT2D eigenvalue weighted by Crippen LogP contribution is 2.63. The van der Waals surface area contributed by atoms with Crippen molar-refractivity contribution in [1.29, 1.82) is 0 Å². The molecule has 0 heterocycles. The lowest BCUT2D eigenvalue weighted by Crippen LogP contribution is -2.46. The molecule has 3 rings (SSSR count). The van der Waals surface area contributed by atoms with Crippen molar-refractivity contribution >= 4 is 5.69 Å². The van der Waals surface area contributed by atoms with Crippen molar-refractivity contribution in [3.05, 3.63) is 29.6 Å². The summed E-state index contributed by atoms with van der Waals surface area (Å²) in [6.07, 6.45) is 3.36. The number of halogens is 3. The first kappa shape index (κ1) is 13.8. The number of benzene rings is 1. The summed E-state index contributed by atoms with van der Waals surface area (Å²) in [4.78, 5) is 0. The van der Waals surface area contributed by atoms with Crippen molar-refractivity contribution in [1.82, 2.24) is 0 Å². The van der Waals surface area contributed by atoms with Crippen molar-refractivity contribution in [2.75, 3.05) is 5.32 Å². The highest BCUT2D eigenvalue weighted by atomic mass is 19.2. The molecule has 0 spiro atoms. The monoisotopic (exact) mass is 283 g/mol. The van der Waals surface area contributed by atoms with Crippen LogP contribution in [0.25, 0.3) is 0 Å². The van der Waals surface area contributed by atoms with Gasteiger partial charge in [0, 0.05) is 18.2 Å². The average molecular weight is 283 g/mol. The van der Waals surface area contributed by atoms with Gasteiger partial charge < -0.3 is 5.32 Å². The fourth-order valence-corrected chi connectivity index (χ4v) is 4.48. The Kier molecular flexibility index (Phi) is 2.86. The Morgan fingerprint density at radius 1 is 1.15 bits per heavy atom.